The molecule has 0 aliphatic carbocycles. The summed E-state index contributed by atoms with van der Waals surface area (Å²) in [7, 11) is 0. The van der Waals surface area contributed by atoms with Gasteiger partial charge in [-0.3, -0.25) is 4.79 Å². The van der Waals surface area contributed by atoms with Gasteiger partial charge in [-0.2, -0.15) is 0 Å². The molecule has 2 saturated heterocycles. The molecular formula is C22H22BrN5O. The lowest BCUT2D eigenvalue weighted by atomic mass is 9.96. The summed E-state index contributed by atoms with van der Waals surface area (Å²) in [5, 5.41) is 3.45. The number of H-pyrrole nitrogens is 1. The highest BCUT2D eigenvalue weighted by atomic mass is 79.9. The fourth-order valence-corrected chi connectivity index (χ4v) is 5.05. The summed E-state index contributed by atoms with van der Waals surface area (Å²) in [6, 6.07) is 10.6. The van der Waals surface area contributed by atoms with Crippen molar-refractivity contribution < 1.29 is 4.79 Å². The van der Waals surface area contributed by atoms with Crippen LogP contribution in [0.2, 0.25) is 0 Å². The van der Waals surface area contributed by atoms with Crippen molar-refractivity contribution in [1.29, 1.82) is 0 Å². The molecule has 2 N–H and O–H groups in total. The Labute approximate surface area is 177 Å². The Balaban J connectivity index is 1.43. The van der Waals surface area contributed by atoms with Crippen molar-refractivity contribution in [1.82, 2.24) is 19.9 Å². The average molecular weight is 452 g/mol. The molecule has 5 rings (SSSR count). The van der Waals surface area contributed by atoms with Crippen LogP contribution in [-0.2, 0) is 0 Å². The Hall–Kier alpha value is -2.67. The van der Waals surface area contributed by atoms with Crippen molar-refractivity contribution in [3.05, 3.63) is 64.5 Å². The number of nitrogens with one attached hydrogen (secondary N) is 2. The van der Waals surface area contributed by atoms with E-state index < -0.39 is 0 Å². The number of rotatable bonds is 4. The van der Waals surface area contributed by atoms with E-state index in [4.69, 9.17) is 0 Å². The molecule has 0 saturated carbocycles. The molecule has 1 aromatic carbocycles. The normalized spacial score (nSPS) is 22.8. The maximum Gasteiger partial charge on any atom is 0.255 e. The number of hydrogen-bond donors (Lipinski definition) is 2. The van der Waals surface area contributed by atoms with Crippen LogP contribution < -0.4 is 5.32 Å². The maximum atomic E-state index is 13.7. The SMILES string of the molecule is Cc1cccc(C(=O)N2[C@@H]3CC[C@H]2[C@H](Nc2ncc(Br)cn2)C3)c1-c1ccc[nH]1. The average Bonchev–Trinajstić information content (AvgIpc) is 3.45. The minimum Gasteiger partial charge on any atom is -0.361 e. The van der Waals surface area contributed by atoms with Gasteiger partial charge >= 0.3 is 0 Å². The number of carbonyl (C=O) groups excluding carboxylic acids is 1. The standard InChI is InChI=1S/C22H22BrN5O/c1-13-4-2-5-16(20(13)17-6-3-9-24-17)21(29)28-15-7-8-19(28)18(10-15)27-22-25-11-14(23)12-26-22/h2-6,9,11-12,15,18-19,24H,7-8,10H2,1H3,(H,25,26,27)/t15-,18-,19+/m1/s1. The maximum absolute atomic E-state index is 13.7. The second-order valence-corrected chi connectivity index (χ2v) is 8.72. The molecule has 3 atom stereocenters. The van der Waals surface area contributed by atoms with Crippen molar-refractivity contribution in [2.45, 2.75) is 44.3 Å². The van der Waals surface area contributed by atoms with Gasteiger partial charge in [0, 0.05) is 41.5 Å². The molecule has 2 aliphatic heterocycles. The van der Waals surface area contributed by atoms with Crippen LogP contribution in [0.15, 0.2) is 53.4 Å². The lowest BCUT2D eigenvalue weighted by molar-refractivity contribution is 0.0728. The Morgan fingerprint density at radius 1 is 1.21 bits per heavy atom. The molecule has 29 heavy (non-hydrogen) atoms. The van der Waals surface area contributed by atoms with Crippen LogP contribution in [0.1, 0.15) is 35.2 Å². The first-order valence-corrected chi connectivity index (χ1v) is 10.7. The number of benzene rings is 1. The first kappa shape index (κ1) is 18.4. The number of nitrogens with zero attached hydrogens (tertiary/aromatic N) is 3. The summed E-state index contributed by atoms with van der Waals surface area (Å²) in [4.78, 5) is 27.7. The van der Waals surface area contributed by atoms with Crippen LogP contribution in [-0.4, -0.2) is 43.9 Å². The number of fused-ring (bicyclic) bond motifs is 2. The smallest absolute Gasteiger partial charge is 0.255 e. The van der Waals surface area contributed by atoms with Gasteiger partial charge in [-0.05, 0) is 65.9 Å². The second kappa shape index (κ2) is 7.30. The third kappa shape index (κ3) is 3.23. The minimum absolute atomic E-state index is 0.117. The number of aromatic amines is 1. The molecule has 2 fully saturated rings. The molecule has 0 spiro atoms. The van der Waals surface area contributed by atoms with Gasteiger partial charge in [0.2, 0.25) is 5.95 Å². The number of aromatic nitrogens is 3. The van der Waals surface area contributed by atoms with Crippen LogP contribution in [0, 0.1) is 6.92 Å². The molecule has 2 aliphatic rings. The van der Waals surface area contributed by atoms with E-state index in [1.807, 2.05) is 30.5 Å². The Morgan fingerprint density at radius 2 is 2.03 bits per heavy atom. The molecular weight excluding hydrogens is 430 g/mol. The van der Waals surface area contributed by atoms with Crippen LogP contribution >= 0.6 is 15.9 Å². The number of anilines is 1. The van der Waals surface area contributed by atoms with Crippen LogP contribution in [0.5, 0.6) is 0 Å². The van der Waals surface area contributed by atoms with E-state index in [2.05, 4.69) is 54.1 Å². The quantitative estimate of drug-likeness (QED) is 0.616. The second-order valence-electron chi connectivity index (χ2n) is 7.80. The monoisotopic (exact) mass is 451 g/mol. The number of carbonyl (C=O) groups is 1. The molecule has 2 aromatic heterocycles. The zero-order valence-electron chi connectivity index (χ0n) is 16.1. The topological polar surface area (TPSA) is 73.9 Å². The Morgan fingerprint density at radius 3 is 2.79 bits per heavy atom. The molecule has 4 heterocycles. The fourth-order valence-electron chi connectivity index (χ4n) is 4.84. The van der Waals surface area contributed by atoms with Crippen molar-refractivity contribution in [3.8, 4) is 11.3 Å². The third-order valence-electron chi connectivity index (χ3n) is 6.08. The molecule has 7 heteroatoms. The van der Waals surface area contributed by atoms with Crippen molar-refractivity contribution in [2.75, 3.05) is 5.32 Å². The minimum atomic E-state index is 0.117. The zero-order chi connectivity index (χ0) is 20.0. The van der Waals surface area contributed by atoms with Gasteiger partial charge in [-0.25, -0.2) is 9.97 Å². The largest absolute Gasteiger partial charge is 0.361 e. The summed E-state index contributed by atoms with van der Waals surface area (Å²) in [6.07, 6.45) is 8.36. The Bertz CT molecular complexity index is 1030. The molecule has 2 bridgehead atoms. The van der Waals surface area contributed by atoms with Crippen LogP contribution in [0.3, 0.4) is 0 Å². The van der Waals surface area contributed by atoms with Gasteiger partial charge < -0.3 is 15.2 Å². The van der Waals surface area contributed by atoms with Crippen molar-refractivity contribution in [2.24, 2.45) is 0 Å². The van der Waals surface area contributed by atoms with E-state index in [9.17, 15) is 4.79 Å². The fraction of sp³-hybridized carbons (Fsp3) is 0.318. The van der Waals surface area contributed by atoms with Crippen LogP contribution in [0.25, 0.3) is 11.3 Å². The van der Waals surface area contributed by atoms with Gasteiger partial charge in [-0.1, -0.05) is 12.1 Å². The highest BCUT2D eigenvalue weighted by molar-refractivity contribution is 9.10. The summed E-state index contributed by atoms with van der Waals surface area (Å²) >= 11 is 3.37. The summed E-state index contributed by atoms with van der Waals surface area (Å²) < 4.78 is 0.851. The van der Waals surface area contributed by atoms with E-state index in [1.54, 1.807) is 12.4 Å². The van der Waals surface area contributed by atoms with E-state index in [-0.39, 0.29) is 24.0 Å². The van der Waals surface area contributed by atoms with Gasteiger partial charge in [0.25, 0.3) is 5.91 Å². The summed E-state index contributed by atoms with van der Waals surface area (Å²) in [5.74, 6) is 0.729. The molecule has 6 nitrogen and oxygen atoms in total. The predicted octanol–water partition coefficient (Wildman–Crippen LogP) is 4.40. The highest BCUT2D eigenvalue weighted by Gasteiger charge is 2.49. The van der Waals surface area contributed by atoms with E-state index in [0.717, 1.165) is 46.1 Å². The summed E-state index contributed by atoms with van der Waals surface area (Å²) in [5.41, 5.74) is 3.85. The van der Waals surface area contributed by atoms with E-state index in [0.29, 0.717) is 5.95 Å². The van der Waals surface area contributed by atoms with Gasteiger partial charge in [0.1, 0.15) is 0 Å². The van der Waals surface area contributed by atoms with Crippen LogP contribution in [0.4, 0.5) is 5.95 Å². The molecule has 148 valence electrons. The predicted molar refractivity (Wildman–Crippen MR) is 116 cm³/mol. The molecule has 1 amide bonds. The van der Waals surface area contributed by atoms with Crippen molar-refractivity contribution >= 4 is 27.8 Å². The van der Waals surface area contributed by atoms with E-state index in [1.165, 1.54) is 0 Å². The third-order valence-corrected chi connectivity index (χ3v) is 6.49. The lowest BCUT2D eigenvalue weighted by Gasteiger charge is -2.26. The number of hydrogen-bond acceptors (Lipinski definition) is 4. The number of aryl methyl sites for hydroxylation is 1. The first-order chi connectivity index (χ1) is 14.1. The number of halogens is 1. The zero-order valence-corrected chi connectivity index (χ0v) is 17.7. The van der Waals surface area contributed by atoms with E-state index >= 15 is 0 Å². The van der Waals surface area contributed by atoms with Gasteiger partial charge in [0.05, 0.1) is 16.6 Å². The first-order valence-electron chi connectivity index (χ1n) is 9.92. The van der Waals surface area contributed by atoms with Gasteiger partial charge in [-0.15, -0.1) is 0 Å². The summed E-state index contributed by atoms with van der Waals surface area (Å²) in [6.45, 7) is 2.06. The van der Waals surface area contributed by atoms with Crippen molar-refractivity contribution in [3.63, 3.8) is 0 Å². The highest BCUT2D eigenvalue weighted by Crippen LogP contribution is 2.41. The Kier molecular flexibility index (Phi) is 4.62. The molecule has 3 aromatic rings. The number of amides is 1. The van der Waals surface area contributed by atoms with Gasteiger partial charge in [0.15, 0.2) is 0 Å². The molecule has 0 radical (unpaired) electrons. The molecule has 0 unspecified atom stereocenters. The lowest BCUT2D eigenvalue weighted by Crippen LogP contribution is -2.40.